The summed E-state index contributed by atoms with van der Waals surface area (Å²) in [6.45, 7) is 3.31. The monoisotopic (exact) mass is 535 g/mol. The van der Waals surface area contributed by atoms with Crippen LogP contribution in [0.4, 0.5) is 0 Å². The van der Waals surface area contributed by atoms with Crippen molar-refractivity contribution >= 4 is 29.1 Å². The maximum absolute atomic E-state index is 13.2. The quantitative estimate of drug-likeness (QED) is 0.145. The Morgan fingerprint density at radius 1 is 0.974 bits per heavy atom. The number of carbonyl (C=O) groups excluding carboxylic acids is 2. The minimum Gasteiger partial charge on any atom is -0.507 e. The Morgan fingerprint density at radius 2 is 1.71 bits per heavy atom. The number of Topliss-reactive ketones (excluding diaryl/α,β-unsaturated/α-hetero) is 1. The third-order valence-electron chi connectivity index (χ3n) is 6.23. The second-order valence-corrected chi connectivity index (χ2v) is 9.20. The van der Waals surface area contributed by atoms with Crippen LogP contribution in [0.5, 0.6) is 11.5 Å². The number of amides is 1. The lowest BCUT2D eigenvalue weighted by molar-refractivity contribution is -0.140. The van der Waals surface area contributed by atoms with Crippen molar-refractivity contribution in [3.8, 4) is 11.5 Å². The highest BCUT2D eigenvalue weighted by molar-refractivity contribution is 6.46. The Hall–Kier alpha value is -3.81. The molecule has 1 unspecified atom stereocenters. The van der Waals surface area contributed by atoms with E-state index in [4.69, 9.17) is 25.8 Å². The highest BCUT2D eigenvalue weighted by Gasteiger charge is 2.46. The second kappa shape index (κ2) is 12.6. The highest BCUT2D eigenvalue weighted by Crippen LogP contribution is 2.42. The molecule has 198 valence electrons. The molecule has 3 aromatic rings. The van der Waals surface area contributed by atoms with E-state index in [9.17, 15) is 14.7 Å². The van der Waals surface area contributed by atoms with Crippen LogP contribution >= 0.6 is 11.6 Å². The number of benzene rings is 3. The smallest absolute Gasteiger partial charge is 0.295 e. The molecule has 1 amide bonds. The number of hydrogen-bond acceptors (Lipinski definition) is 6. The zero-order valence-electron chi connectivity index (χ0n) is 21.4. The molecule has 3 aromatic carbocycles. The number of aliphatic hydroxyl groups is 1. The normalized spacial score (nSPS) is 16.6. The molecule has 1 saturated heterocycles. The molecular formula is C30H30ClNO6. The number of halogens is 1. The van der Waals surface area contributed by atoms with Gasteiger partial charge in [0.1, 0.15) is 12.4 Å². The number of hydrogen-bond donors (Lipinski definition) is 1. The minimum atomic E-state index is -0.815. The number of nitrogens with zero attached hydrogens (tertiary/aromatic N) is 1. The lowest BCUT2D eigenvalue weighted by Crippen LogP contribution is -2.31. The minimum absolute atomic E-state index is 0.00939. The van der Waals surface area contributed by atoms with Crippen molar-refractivity contribution in [1.29, 1.82) is 0 Å². The number of ketones is 1. The third-order valence-corrected chi connectivity index (χ3v) is 6.48. The summed E-state index contributed by atoms with van der Waals surface area (Å²) in [6, 6.07) is 20.7. The van der Waals surface area contributed by atoms with E-state index in [0.717, 1.165) is 5.56 Å². The summed E-state index contributed by atoms with van der Waals surface area (Å²) < 4.78 is 17.1. The van der Waals surface area contributed by atoms with Crippen LogP contribution in [0.2, 0.25) is 5.02 Å². The molecule has 0 bridgehead atoms. The van der Waals surface area contributed by atoms with Crippen molar-refractivity contribution in [2.75, 3.05) is 26.9 Å². The van der Waals surface area contributed by atoms with Crippen LogP contribution in [0.15, 0.2) is 78.4 Å². The first kappa shape index (κ1) is 27.2. The molecule has 0 saturated carbocycles. The van der Waals surface area contributed by atoms with Crippen LogP contribution in [-0.2, 0) is 20.9 Å². The molecular weight excluding hydrogens is 506 g/mol. The van der Waals surface area contributed by atoms with Crippen LogP contribution in [0.1, 0.15) is 36.1 Å². The molecule has 0 aliphatic carbocycles. The van der Waals surface area contributed by atoms with Crippen LogP contribution in [0.25, 0.3) is 5.76 Å². The summed E-state index contributed by atoms with van der Waals surface area (Å²) in [7, 11) is 1.58. The van der Waals surface area contributed by atoms with Gasteiger partial charge < -0.3 is 24.2 Å². The molecule has 1 aliphatic heterocycles. The van der Waals surface area contributed by atoms with E-state index in [1.807, 2.05) is 37.3 Å². The Balaban J connectivity index is 1.75. The number of rotatable bonds is 11. The van der Waals surface area contributed by atoms with Gasteiger partial charge in [-0.1, -0.05) is 48.0 Å². The van der Waals surface area contributed by atoms with Gasteiger partial charge in [0.05, 0.1) is 18.2 Å². The van der Waals surface area contributed by atoms with Gasteiger partial charge in [-0.2, -0.15) is 0 Å². The predicted octanol–water partition coefficient (Wildman–Crippen LogP) is 5.78. The zero-order valence-corrected chi connectivity index (χ0v) is 22.1. The molecule has 0 spiro atoms. The van der Waals surface area contributed by atoms with Gasteiger partial charge in [-0.05, 0) is 60.9 Å². The fourth-order valence-electron chi connectivity index (χ4n) is 4.42. The lowest BCUT2D eigenvalue weighted by Gasteiger charge is -2.26. The van der Waals surface area contributed by atoms with Crippen LogP contribution < -0.4 is 9.47 Å². The van der Waals surface area contributed by atoms with Crippen molar-refractivity contribution < 1.29 is 28.9 Å². The van der Waals surface area contributed by atoms with Crippen molar-refractivity contribution in [1.82, 2.24) is 4.90 Å². The van der Waals surface area contributed by atoms with Crippen molar-refractivity contribution in [3.05, 3.63) is 100 Å². The van der Waals surface area contributed by atoms with E-state index in [1.165, 1.54) is 4.90 Å². The van der Waals surface area contributed by atoms with Gasteiger partial charge in [0.15, 0.2) is 11.5 Å². The average Bonchev–Trinajstić information content (AvgIpc) is 3.18. The number of ether oxygens (including phenoxy) is 3. The highest BCUT2D eigenvalue weighted by atomic mass is 35.5. The van der Waals surface area contributed by atoms with Gasteiger partial charge in [-0.3, -0.25) is 9.59 Å². The van der Waals surface area contributed by atoms with Crippen LogP contribution in [-0.4, -0.2) is 48.6 Å². The van der Waals surface area contributed by atoms with E-state index in [1.54, 1.807) is 49.6 Å². The van der Waals surface area contributed by atoms with E-state index in [2.05, 4.69) is 0 Å². The fraction of sp³-hybridized carbons (Fsp3) is 0.267. The molecule has 7 nitrogen and oxygen atoms in total. The molecule has 0 radical (unpaired) electrons. The molecule has 0 aromatic heterocycles. The van der Waals surface area contributed by atoms with E-state index in [0.29, 0.717) is 53.9 Å². The molecule has 38 heavy (non-hydrogen) atoms. The second-order valence-electron chi connectivity index (χ2n) is 8.76. The van der Waals surface area contributed by atoms with Gasteiger partial charge in [0, 0.05) is 30.8 Å². The van der Waals surface area contributed by atoms with E-state index >= 15 is 0 Å². The first-order chi connectivity index (χ1) is 18.4. The fourth-order valence-corrected chi connectivity index (χ4v) is 4.54. The standard InChI is InChI=1S/C30H30ClNO6/c1-3-37-25-18-22(12-15-24(25)38-19-20-8-5-4-6-9-20)27-26(28(33)21-10-13-23(31)14-11-21)29(34)30(35)32(27)16-7-17-36-2/h4-6,8-15,18,27,33H,3,7,16-17,19H2,1-2H3. The molecule has 1 fully saturated rings. The van der Waals surface area contributed by atoms with Gasteiger partial charge >= 0.3 is 0 Å². The molecule has 1 N–H and O–H groups in total. The Morgan fingerprint density at radius 3 is 2.39 bits per heavy atom. The van der Waals surface area contributed by atoms with Gasteiger partial charge in [0.25, 0.3) is 11.7 Å². The maximum atomic E-state index is 13.2. The first-order valence-electron chi connectivity index (χ1n) is 12.4. The summed E-state index contributed by atoms with van der Waals surface area (Å²) in [5.74, 6) is -0.670. The maximum Gasteiger partial charge on any atom is 0.295 e. The van der Waals surface area contributed by atoms with Crippen LogP contribution in [0.3, 0.4) is 0 Å². The Labute approximate surface area is 227 Å². The Kier molecular flexibility index (Phi) is 9.05. The topological polar surface area (TPSA) is 85.3 Å². The summed E-state index contributed by atoms with van der Waals surface area (Å²) >= 11 is 6.01. The largest absolute Gasteiger partial charge is 0.507 e. The lowest BCUT2D eigenvalue weighted by atomic mass is 9.95. The summed E-state index contributed by atoms with van der Waals surface area (Å²) in [5.41, 5.74) is 2.03. The number of aliphatic hydroxyl groups excluding tert-OH is 1. The summed E-state index contributed by atoms with van der Waals surface area (Å²) in [6.07, 6.45) is 0.525. The SMILES string of the molecule is CCOc1cc(C2C(=C(O)c3ccc(Cl)cc3)C(=O)C(=O)N2CCCOC)ccc1OCc1ccccc1. The molecule has 1 heterocycles. The van der Waals surface area contributed by atoms with Gasteiger partial charge in [-0.15, -0.1) is 0 Å². The average molecular weight is 536 g/mol. The number of carbonyl (C=O) groups is 2. The van der Waals surface area contributed by atoms with Crippen LogP contribution in [0, 0.1) is 0 Å². The van der Waals surface area contributed by atoms with Gasteiger partial charge in [0.2, 0.25) is 0 Å². The third kappa shape index (κ3) is 6.01. The molecule has 4 rings (SSSR count). The molecule has 8 heteroatoms. The summed E-state index contributed by atoms with van der Waals surface area (Å²) in [5, 5.41) is 11.7. The van der Waals surface area contributed by atoms with Crippen molar-refractivity contribution in [3.63, 3.8) is 0 Å². The van der Waals surface area contributed by atoms with Crippen molar-refractivity contribution in [2.45, 2.75) is 26.0 Å². The van der Waals surface area contributed by atoms with Gasteiger partial charge in [-0.25, -0.2) is 0 Å². The number of likely N-dealkylation sites (tertiary alicyclic amines) is 1. The molecule has 1 aliphatic rings. The van der Waals surface area contributed by atoms with E-state index < -0.39 is 17.7 Å². The zero-order chi connectivity index (χ0) is 27.1. The number of methoxy groups -OCH3 is 1. The van der Waals surface area contributed by atoms with Crippen molar-refractivity contribution in [2.24, 2.45) is 0 Å². The summed E-state index contributed by atoms with van der Waals surface area (Å²) in [4.78, 5) is 27.8. The molecule has 1 atom stereocenters. The van der Waals surface area contributed by atoms with E-state index in [-0.39, 0.29) is 17.9 Å². The predicted molar refractivity (Wildman–Crippen MR) is 145 cm³/mol. The Bertz CT molecular complexity index is 1310. The first-order valence-corrected chi connectivity index (χ1v) is 12.8.